The highest BCUT2D eigenvalue weighted by Crippen LogP contribution is 2.48. The van der Waals surface area contributed by atoms with Gasteiger partial charge >= 0.3 is 0 Å². The molecule has 0 spiro atoms. The minimum Gasteiger partial charge on any atom is -0.455 e. The van der Waals surface area contributed by atoms with Crippen LogP contribution in [0.15, 0.2) is 356 Å². The van der Waals surface area contributed by atoms with Gasteiger partial charge in [-0.1, -0.05) is 279 Å². The quantitative estimate of drug-likeness (QED) is 0.114. The average Bonchev–Trinajstić information content (AvgIpc) is 1.51. The summed E-state index contributed by atoms with van der Waals surface area (Å²) in [6.45, 7) is 0. The molecule has 91 heavy (non-hydrogen) atoms. The molecule has 0 aliphatic carbocycles. The van der Waals surface area contributed by atoms with Crippen molar-refractivity contribution in [1.29, 1.82) is 0 Å². The Bertz CT molecular complexity index is 5590. The summed E-state index contributed by atoms with van der Waals surface area (Å²) in [6, 6.07) is 128. The zero-order valence-corrected chi connectivity index (χ0v) is 49.8. The molecule has 17 rings (SSSR count). The number of para-hydroxylation sites is 3. The second-order valence-electron chi connectivity index (χ2n) is 23.5. The van der Waals surface area contributed by atoms with E-state index < -0.39 is 0 Å². The summed E-state index contributed by atoms with van der Waals surface area (Å²) in [5.74, 6) is 0. The maximum absolute atomic E-state index is 6.51. The number of hydrogen-bond donors (Lipinski definition) is 0. The van der Waals surface area contributed by atoms with Gasteiger partial charge in [-0.3, -0.25) is 0 Å². The number of benzene rings is 16. The highest BCUT2D eigenvalue weighted by molar-refractivity contribution is 6.13. The first-order valence-electron chi connectivity index (χ1n) is 31.2. The van der Waals surface area contributed by atoms with E-state index in [4.69, 9.17) is 4.42 Å². The highest BCUT2D eigenvalue weighted by Gasteiger charge is 2.23. The van der Waals surface area contributed by atoms with E-state index in [-0.39, 0.29) is 0 Å². The van der Waals surface area contributed by atoms with Crippen molar-refractivity contribution in [2.45, 2.75) is 0 Å². The van der Waals surface area contributed by atoms with Crippen LogP contribution < -0.4 is 9.80 Å². The summed E-state index contributed by atoms with van der Waals surface area (Å²) in [4.78, 5) is 4.88. The molecule has 0 amide bonds. The Morgan fingerprint density at radius 3 is 1.44 bits per heavy atom. The second kappa shape index (κ2) is 22.6. The lowest BCUT2D eigenvalue weighted by Crippen LogP contribution is -2.12. The van der Waals surface area contributed by atoms with Gasteiger partial charge in [-0.05, 0) is 166 Å². The molecule has 0 unspecified atom stereocenters. The lowest BCUT2D eigenvalue weighted by molar-refractivity contribution is 0.670. The molecule has 0 saturated heterocycles. The Morgan fingerprint density at radius 2 is 0.659 bits per heavy atom. The van der Waals surface area contributed by atoms with E-state index in [0.717, 1.165) is 100 Å². The van der Waals surface area contributed by atoms with Crippen LogP contribution >= 0.6 is 0 Å². The zero-order valence-electron chi connectivity index (χ0n) is 49.8. The van der Waals surface area contributed by atoms with Gasteiger partial charge in [-0.2, -0.15) is 0 Å². The van der Waals surface area contributed by atoms with Gasteiger partial charge in [0.1, 0.15) is 11.2 Å². The molecule has 16 aromatic carbocycles. The van der Waals surface area contributed by atoms with Crippen molar-refractivity contribution in [3.8, 4) is 66.8 Å². The summed E-state index contributed by atoms with van der Waals surface area (Å²) in [6.07, 6.45) is 0. The zero-order chi connectivity index (χ0) is 60.2. The summed E-state index contributed by atoms with van der Waals surface area (Å²) < 4.78 is 6.51. The largest absolute Gasteiger partial charge is 0.455 e. The SMILES string of the molecule is c1ccc(-c2ccc(-c3ccccc3N(c3cccc(-c4cccc(N(c5ccc(-c6cccc7ccccc67)cc5)c5ccc6c(ccc7cc(-c8cccc9c8oc8ccccc89)ccc76)c5)c4)c3)c3ccc(-c4ccccc4)c4ccccc34)cc2)cc1. The molecule has 0 fully saturated rings. The number of furan rings is 1. The van der Waals surface area contributed by atoms with Gasteiger partial charge < -0.3 is 14.2 Å². The summed E-state index contributed by atoms with van der Waals surface area (Å²) in [5.41, 5.74) is 22.1. The van der Waals surface area contributed by atoms with Crippen molar-refractivity contribution in [3.05, 3.63) is 352 Å². The molecular weight excluding hydrogens is 1100 g/mol. The first-order chi connectivity index (χ1) is 45.1. The smallest absolute Gasteiger partial charge is 0.143 e. The third kappa shape index (κ3) is 9.64. The first-order valence-corrected chi connectivity index (χ1v) is 31.2. The predicted octanol–water partition coefficient (Wildman–Crippen LogP) is 25.1. The Labute approximate surface area is 528 Å². The summed E-state index contributed by atoms with van der Waals surface area (Å²) in [7, 11) is 0. The van der Waals surface area contributed by atoms with Crippen LogP contribution in [0.1, 0.15) is 0 Å². The van der Waals surface area contributed by atoms with Gasteiger partial charge in [-0.25, -0.2) is 0 Å². The van der Waals surface area contributed by atoms with Crippen LogP contribution in [0.5, 0.6) is 0 Å². The first kappa shape index (κ1) is 53.2. The van der Waals surface area contributed by atoms with Gasteiger partial charge in [0.25, 0.3) is 0 Å². The van der Waals surface area contributed by atoms with Crippen LogP contribution in [0.25, 0.3) is 132 Å². The van der Waals surface area contributed by atoms with Crippen LogP contribution in [0.2, 0.25) is 0 Å². The Balaban J connectivity index is 0.787. The fraction of sp³-hybridized carbons (Fsp3) is 0. The maximum atomic E-state index is 6.51. The number of rotatable bonds is 12. The maximum Gasteiger partial charge on any atom is 0.143 e. The molecule has 0 radical (unpaired) electrons. The van der Waals surface area contributed by atoms with E-state index in [2.05, 4.69) is 356 Å². The van der Waals surface area contributed by atoms with Gasteiger partial charge in [-0.15, -0.1) is 0 Å². The van der Waals surface area contributed by atoms with E-state index in [0.29, 0.717) is 0 Å². The lowest BCUT2D eigenvalue weighted by Gasteiger charge is -2.30. The molecule has 1 aromatic heterocycles. The molecule has 0 aliphatic heterocycles. The molecule has 3 heteroatoms. The Kier molecular flexibility index (Phi) is 13.2. The van der Waals surface area contributed by atoms with Gasteiger partial charge in [0.05, 0.1) is 11.4 Å². The molecule has 0 N–H and O–H groups in total. The van der Waals surface area contributed by atoms with Crippen LogP contribution in [-0.4, -0.2) is 0 Å². The van der Waals surface area contributed by atoms with Crippen LogP contribution in [0.3, 0.4) is 0 Å². The Morgan fingerprint density at radius 1 is 0.187 bits per heavy atom. The molecule has 0 bridgehead atoms. The minimum absolute atomic E-state index is 0.903. The molecule has 426 valence electrons. The van der Waals surface area contributed by atoms with Crippen molar-refractivity contribution < 1.29 is 4.42 Å². The van der Waals surface area contributed by atoms with Gasteiger partial charge in [0.2, 0.25) is 0 Å². The highest BCUT2D eigenvalue weighted by atomic mass is 16.3. The van der Waals surface area contributed by atoms with Crippen molar-refractivity contribution in [2.24, 2.45) is 0 Å². The number of anilines is 6. The van der Waals surface area contributed by atoms with Crippen LogP contribution in [-0.2, 0) is 0 Å². The summed E-state index contributed by atoms with van der Waals surface area (Å²) in [5, 5.41) is 11.8. The molecule has 0 aliphatic rings. The van der Waals surface area contributed by atoms with E-state index >= 15 is 0 Å². The number of nitrogens with zero attached hydrogens (tertiary/aromatic N) is 2. The van der Waals surface area contributed by atoms with E-state index in [1.165, 1.54) is 65.7 Å². The molecular formula is C88H58N2O. The molecule has 0 saturated carbocycles. The van der Waals surface area contributed by atoms with Crippen molar-refractivity contribution in [3.63, 3.8) is 0 Å². The van der Waals surface area contributed by atoms with E-state index in [9.17, 15) is 0 Å². The standard InChI is InChI=1S/C88H58N2O/c1-3-19-59(20-4-1)60-39-41-64(42-40-60)79-30-11-13-37-85(79)90(86-54-53-76(61-21-5-2-6-22-61)81-31-9-10-32-82(81)86)72-28-16-26-66(57-72)65-25-15-27-71(56-65)89(70-48-45-63(46-49-70)75-34-17-24-62-23-7-8-29-74(62)75)73-50-52-78-69(58-73)44-43-67-55-68(47-51-77(67)78)80-35-18-36-84-83-33-12-14-38-87(83)91-88(80)84/h1-58H. The monoisotopic (exact) mass is 1160 g/mol. The molecule has 17 aromatic rings. The van der Waals surface area contributed by atoms with Crippen molar-refractivity contribution in [2.75, 3.05) is 9.80 Å². The fourth-order valence-electron chi connectivity index (χ4n) is 13.8. The third-order valence-electron chi connectivity index (χ3n) is 18.2. The fourth-order valence-corrected chi connectivity index (χ4v) is 13.8. The lowest BCUT2D eigenvalue weighted by atomic mass is 9.95. The van der Waals surface area contributed by atoms with Crippen molar-refractivity contribution >= 4 is 99.2 Å². The minimum atomic E-state index is 0.903. The van der Waals surface area contributed by atoms with E-state index in [1.54, 1.807) is 0 Å². The topological polar surface area (TPSA) is 19.6 Å². The van der Waals surface area contributed by atoms with Crippen LogP contribution in [0, 0.1) is 0 Å². The number of fused-ring (bicyclic) bond motifs is 8. The Hall–Kier alpha value is -12.0. The molecule has 3 nitrogen and oxygen atoms in total. The number of hydrogen-bond acceptors (Lipinski definition) is 3. The van der Waals surface area contributed by atoms with Gasteiger partial charge in [0.15, 0.2) is 0 Å². The normalized spacial score (nSPS) is 11.5. The third-order valence-corrected chi connectivity index (χ3v) is 18.2. The molecule has 0 atom stereocenters. The predicted molar refractivity (Wildman–Crippen MR) is 386 cm³/mol. The second-order valence-corrected chi connectivity index (χ2v) is 23.5. The average molecular weight is 1160 g/mol. The molecule has 1 heterocycles. The van der Waals surface area contributed by atoms with Gasteiger partial charge in [0, 0.05) is 50.0 Å². The van der Waals surface area contributed by atoms with Crippen LogP contribution in [0.4, 0.5) is 34.1 Å². The van der Waals surface area contributed by atoms with E-state index in [1.807, 2.05) is 6.07 Å². The van der Waals surface area contributed by atoms with Crippen molar-refractivity contribution in [1.82, 2.24) is 0 Å². The summed E-state index contributed by atoms with van der Waals surface area (Å²) >= 11 is 0.